The number of carbonyl (C=O) groups is 5. The first-order chi connectivity index (χ1) is 17.0. The fourth-order valence-electron chi connectivity index (χ4n) is 2.99. The highest BCUT2D eigenvalue weighted by Gasteiger charge is 2.32. The Bertz CT molecular complexity index is 742. The van der Waals surface area contributed by atoms with Crippen molar-refractivity contribution in [3.8, 4) is 0 Å². The maximum Gasteiger partial charge on any atom is 0.335 e. The Morgan fingerprint density at radius 2 is 1.37 bits per heavy atom. The topological polar surface area (TPSA) is 150 Å². The van der Waals surface area contributed by atoms with E-state index >= 15 is 0 Å². The molecule has 2 rings (SSSR count). The van der Waals surface area contributed by atoms with Crippen LogP contribution in [0.2, 0.25) is 0 Å². The van der Waals surface area contributed by atoms with E-state index in [1.807, 2.05) is 0 Å². The predicted octanol–water partition coefficient (Wildman–Crippen LogP) is -1.05. The van der Waals surface area contributed by atoms with Gasteiger partial charge in [-0.15, -0.1) is 5.06 Å². The van der Waals surface area contributed by atoms with E-state index in [1.165, 1.54) is 6.08 Å². The van der Waals surface area contributed by atoms with Crippen LogP contribution in [0.5, 0.6) is 0 Å². The van der Waals surface area contributed by atoms with E-state index in [-0.39, 0.29) is 50.7 Å². The number of rotatable bonds is 19. The first kappa shape index (κ1) is 28.4. The number of hydroxylamine groups is 2. The molecular weight excluding hydrogens is 466 g/mol. The van der Waals surface area contributed by atoms with Gasteiger partial charge < -0.3 is 34.0 Å². The van der Waals surface area contributed by atoms with Crippen molar-refractivity contribution in [2.75, 3.05) is 72.5 Å². The normalized spacial score (nSPS) is 15.4. The summed E-state index contributed by atoms with van der Waals surface area (Å²) in [5, 5.41) is 3.25. The molecule has 0 saturated carbocycles. The second kappa shape index (κ2) is 16.7. The first-order valence-electron chi connectivity index (χ1n) is 11.6. The average molecular weight is 500 g/mol. The highest BCUT2D eigenvalue weighted by molar-refractivity contribution is 6.01. The third-order valence-electron chi connectivity index (χ3n) is 4.84. The van der Waals surface area contributed by atoms with Crippen LogP contribution >= 0.6 is 0 Å². The van der Waals surface area contributed by atoms with Crippen LogP contribution < -0.4 is 5.32 Å². The molecule has 196 valence electrons. The second-order valence-electron chi connectivity index (χ2n) is 7.53. The first-order valence-corrected chi connectivity index (χ1v) is 11.6. The third kappa shape index (κ3) is 11.9. The van der Waals surface area contributed by atoms with Gasteiger partial charge in [-0.1, -0.05) is 6.08 Å². The number of imide groups is 1. The molecule has 0 aromatic carbocycles. The molecule has 0 atom stereocenters. The van der Waals surface area contributed by atoms with Gasteiger partial charge in [0.1, 0.15) is 0 Å². The lowest BCUT2D eigenvalue weighted by molar-refractivity contribution is -0.198. The van der Waals surface area contributed by atoms with Gasteiger partial charge in [0, 0.05) is 45.0 Å². The summed E-state index contributed by atoms with van der Waals surface area (Å²) < 4.78 is 21.3. The summed E-state index contributed by atoms with van der Waals surface area (Å²) in [7, 11) is 0. The molecule has 1 fully saturated rings. The maximum absolute atomic E-state index is 11.7. The summed E-state index contributed by atoms with van der Waals surface area (Å²) in [4.78, 5) is 63.7. The van der Waals surface area contributed by atoms with Crippen molar-refractivity contribution in [2.45, 2.75) is 25.7 Å². The van der Waals surface area contributed by atoms with Crippen molar-refractivity contribution >= 4 is 29.6 Å². The highest BCUT2D eigenvalue weighted by atomic mass is 16.7. The van der Waals surface area contributed by atoms with Gasteiger partial charge in [0.05, 0.1) is 59.3 Å². The number of nitrogens with one attached hydrogen (secondary N) is 1. The van der Waals surface area contributed by atoms with Gasteiger partial charge in [-0.05, 0) is 0 Å². The van der Waals surface area contributed by atoms with Gasteiger partial charge in [-0.3, -0.25) is 19.2 Å². The lowest BCUT2D eigenvalue weighted by Gasteiger charge is -2.14. The fraction of sp³-hybridized carbons (Fsp3) is 0.682. The minimum atomic E-state index is -0.708. The maximum atomic E-state index is 11.7. The largest absolute Gasteiger partial charge is 0.378 e. The lowest BCUT2D eigenvalue weighted by atomic mass is 10.3. The SMILES string of the molecule is O=C(CCN1CC=CC1=O)NCCOCCOCCOCCOCCC(=O)ON1C(=O)CCC1=O. The number of carbonyl (C=O) groups excluding carboxylic acids is 5. The standard InChI is InChI=1S/C22H33N3O10/c26-18(5-9-24-8-1-2-19(24)27)23-7-11-32-13-15-34-17-16-33-14-12-31-10-6-22(30)35-25-20(28)3-4-21(25)29/h1-2H,3-17H2,(H,23,26). The van der Waals surface area contributed by atoms with E-state index in [9.17, 15) is 24.0 Å². The van der Waals surface area contributed by atoms with E-state index in [4.69, 9.17) is 23.8 Å². The zero-order valence-electron chi connectivity index (χ0n) is 19.7. The van der Waals surface area contributed by atoms with Crippen molar-refractivity contribution in [3.63, 3.8) is 0 Å². The van der Waals surface area contributed by atoms with E-state index < -0.39 is 17.8 Å². The fourth-order valence-corrected chi connectivity index (χ4v) is 2.99. The van der Waals surface area contributed by atoms with Gasteiger partial charge in [0.2, 0.25) is 11.8 Å². The summed E-state index contributed by atoms with van der Waals surface area (Å²) in [5.74, 6) is -1.93. The van der Waals surface area contributed by atoms with Gasteiger partial charge in [-0.2, -0.15) is 0 Å². The van der Waals surface area contributed by atoms with Crippen LogP contribution in [-0.2, 0) is 47.8 Å². The zero-order valence-corrected chi connectivity index (χ0v) is 19.7. The zero-order chi connectivity index (χ0) is 25.3. The Morgan fingerprint density at radius 3 is 1.94 bits per heavy atom. The predicted molar refractivity (Wildman–Crippen MR) is 118 cm³/mol. The molecule has 1 N–H and O–H groups in total. The molecule has 0 radical (unpaired) electrons. The van der Waals surface area contributed by atoms with Gasteiger partial charge >= 0.3 is 5.97 Å². The van der Waals surface area contributed by atoms with Crippen molar-refractivity contribution in [1.82, 2.24) is 15.3 Å². The minimum absolute atomic E-state index is 0.0551. The number of ether oxygens (including phenoxy) is 4. The molecule has 2 aliphatic rings. The minimum Gasteiger partial charge on any atom is -0.378 e. The number of amides is 4. The van der Waals surface area contributed by atoms with Crippen molar-refractivity contribution in [2.24, 2.45) is 0 Å². The van der Waals surface area contributed by atoms with Crippen molar-refractivity contribution in [3.05, 3.63) is 12.2 Å². The summed E-state index contributed by atoms with van der Waals surface area (Å²) in [5.41, 5.74) is 0. The van der Waals surface area contributed by atoms with Crippen LogP contribution in [0.15, 0.2) is 12.2 Å². The number of hydrogen-bond donors (Lipinski definition) is 1. The summed E-state index contributed by atoms with van der Waals surface area (Å²) >= 11 is 0. The molecule has 0 aromatic rings. The summed E-state index contributed by atoms with van der Waals surface area (Å²) in [6, 6.07) is 0. The van der Waals surface area contributed by atoms with E-state index in [0.717, 1.165) is 0 Å². The Kier molecular flexibility index (Phi) is 13.5. The molecule has 0 spiro atoms. The molecular formula is C22H33N3O10. The number of nitrogens with zero attached hydrogens (tertiary/aromatic N) is 2. The molecule has 0 aliphatic carbocycles. The second-order valence-corrected chi connectivity index (χ2v) is 7.53. The lowest BCUT2D eigenvalue weighted by Crippen LogP contribution is -2.33. The summed E-state index contributed by atoms with van der Waals surface area (Å²) in [6.45, 7) is 3.92. The average Bonchev–Trinajstić information content (AvgIpc) is 3.39. The Morgan fingerprint density at radius 1 is 0.800 bits per heavy atom. The van der Waals surface area contributed by atoms with Gasteiger partial charge in [-0.25, -0.2) is 4.79 Å². The molecule has 4 amide bonds. The Balaban J connectivity index is 1.27. The van der Waals surface area contributed by atoms with Gasteiger partial charge in [0.15, 0.2) is 0 Å². The van der Waals surface area contributed by atoms with Crippen LogP contribution in [0.25, 0.3) is 0 Å². The Labute approximate surface area is 203 Å². The van der Waals surface area contributed by atoms with Crippen LogP contribution in [0, 0.1) is 0 Å². The molecule has 2 aliphatic heterocycles. The van der Waals surface area contributed by atoms with Crippen molar-refractivity contribution < 1.29 is 47.8 Å². The van der Waals surface area contributed by atoms with Crippen LogP contribution in [0.1, 0.15) is 25.7 Å². The molecule has 13 heteroatoms. The van der Waals surface area contributed by atoms with Crippen molar-refractivity contribution in [1.29, 1.82) is 0 Å². The molecule has 0 aromatic heterocycles. The van der Waals surface area contributed by atoms with Crippen LogP contribution in [0.3, 0.4) is 0 Å². The molecule has 1 saturated heterocycles. The quantitative estimate of drug-likeness (QED) is 0.172. The van der Waals surface area contributed by atoms with E-state index in [0.29, 0.717) is 64.3 Å². The van der Waals surface area contributed by atoms with Crippen LogP contribution in [0.4, 0.5) is 0 Å². The smallest absolute Gasteiger partial charge is 0.335 e. The van der Waals surface area contributed by atoms with Crippen LogP contribution in [-0.4, -0.2) is 112 Å². The number of hydrogen-bond acceptors (Lipinski definition) is 10. The summed E-state index contributed by atoms with van der Waals surface area (Å²) in [6.07, 6.45) is 3.57. The third-order valence-corrected chi connectivity index (χ3v) is 4.84. The monoisotopic (exact) mass is 499 g/mol. The molecule has 13 nitrogen and oxygen atoms in total. The highest BCUT2D eigenvalue weighted by Crippen LogP contribution is 2.12. The van der Waals surface area contributed by atoms with Gasteiger partial charge in [0.25, 0.3) is 11.8 Å². The molecule has 2 heterocycles. The molecule has 35 heavy (non-hydrogen) atoms. The Hall–Kier alpha value is -2.87. The van der Waals surface area contributed by atoms with E-state index in [1.54, 1.807) is 11.0 Å². The van der Waals surface area contributed by atoms with E-state index in [2.05, 4.69) is 5.32 Å². The molecule has 0 unspecified atom stereocenters. The molecule has 0 bridgehead atoms.